The molecule has 4 nitrogen and oxygen atoms in total. The van der Waals surface area contributed by atoms with Crippen LogP contribution in [-0.2, 0) is 11.3 Å². The van der Waals surface area contributed by atoms with Gasteiger partial charge in [0, 0.05) is 25.7 Å². The fraction of sp³-hybridized carbons (Fsp3) is 0.333. The van der Waals surface area contributed by atoms with Crippen LogP contribution in [0.4, 0.5) is 0 Å². The molecule has 0 saturated carbocycles. The monoisotopic (exact) mass is 287 g/mol. The van der Waals surface area contributed by atoms with E-state index >= 15 is 0 Å². The molecule has 2 heterocycles. The molecule has 5 heteroatoms. The van der Waals surface area contributed by atoms with Gasteiger partial charge in [-0.1, -0.05) is 12.1 Å². The Kier molecular flexibility index (Phi) is 3.54. The first-order valence-corrected chi connectivity index (χ1v) is 7.46. The van der Waals surface area contributed by atoms with Crippen LogP contribution in [0.15, 0.2) is 35.4 Å². The molecule has 2 aromatic rings. The van der Waals surface area contributed by atoms with Crippen molar-refractivity contribution in [3.05, 3.63) is 40.4 Å². The number of nitrogens with one attached hydrogen (secondary N) is 1. The molecule has 0 radical (unpaired) electrons. The summed E-state index contributed by atoms with van der Waals surface area (Å²) in [6.07, 6.45) is 0. The summed E-state index contributed by atoms with van der Waals surface area (Å²) in [6, 6.07) is 8.06. The summed E-state index contributed by atoms with van der Waals surface area (Å²) >= 11 is 1.65. The van der Waals surface area contributed by atoms with Crippen molar-refractivity contribution in [2.24, 2.45) is 0 Å². The minimum atomic E-state index is 0.0979. The van der Waals surface area contributed by atoms with Gasteiger partial charge < -0.3 is 10.2 Å². The first-order valence-electron chi connectivity index (χ1n) is 6.64. The zero-order valence-corrected chi connectivity index (χ0v) is 12.5. The molecule has 0 bridgehead atoms. The van der Waals surface area contributed by atoms with Crippen molar-refractivity contribution in [2.45, 2.75) is 13.5 Å². The molecule has 1 amide bonds. The van der Waals surface area contributed by atoms with Crippen LogP contribution in [0, 0.1) is 0 Å². The van der Waals surface area contributed by atoms with Gasteiger partial charge in [-0.25, -0.2) is 4.98 Å². The summed E-state index contributed by atoms with van der Waals surface area (Å²) in [5.74, 6) is 0.0979. The highest BCUT2D eigenvalue weighted by molar-refractivity contribution is 7.18. The van der Waals surface area contributed by atoms with Gasteiger partial charge in [-0.2, -0.15) is 0 Å². The Morgan fingerprint density at radius 2 is 2.15 bits per heavy atom. The minimum Gasteiger partial charge on any atom is -0.335 e. The first-order chi connectivity index (χ1) is 9.65. The van der Waals surface area contributed by atoms with Crippen LogP contribution in [0.1, 0.15) is 11.9 Å². The lowest BCUT2D eigenvalue weighted by Crippen LogP contribution is -2.38. The molecule has 1 aliphatic heterocycles. The Bertz CT molecular complexity index is 650. The molecule has 1 N–H and O–H groups in total. The molecule has 1 fully saturated rings. The number of hydrogen-bond donors (Lipinski definition) is 1. The summed E-state index contributed by atoms with van der Waals surface area (Å²) in [5, 5.41) is 4.14. The van der Waals surface area contributed by atoms with Gasteiger partial charge in [-0.15, -0.1) is 11.3 Å². The molecule has 1 saturated heterocycles. The molecule has 0 atom stereocenters. The molecule has 1 aliphatic rings. The van der Waals surface area contributed by atoms with E-state index in [4.69, 9.17) is 0 Å². The molecular formula is C15H17N3OS. The van der Waals surface area contributed by atoms with Gasteiger partial charge in [0.1, 0.15) is 5.01 Å². The first kappa shape index (κ1) is 13.3. The van der Waals surface area contributed by atoms with E-state index in [-0.39, 0.29) is 5.91 Å². The van der Waals surface area contributed by atoms with Crippen molar-refractivity contribution in [1.29, 1.82) is 0 Å². The predicted octanol–water partition coefficient (Wildman–Crippen LogP) is 2.17. The van der Waals surface area contributed by atoms with Crippen LogP contribution < -0.4 is 5.32 Å². The fourth-order valence-electron chi connectivity index (χ4n) is 2.21. The lowest BCUT2D eigenvalue weighted by Gasteiger charge is -2.24. The number of rotatable bonds is 3. The van der Waals surface area contributed by atoms with E-state index in [1.165, 1.54) is 10.3 Å². The third kappa shape index (κ3) is 2.46. The second-order valence-corrected chi connectivity index (χ2v) is 6.18. The van der Waals surface area contributed by atoms with E-state index in [1.54, 1.807) is 16.2 Å². The van der Waals surface area contributed by atoms with Crippen LogP contribution in [0.2, 0.25) is 0 Å². The zero-order valence-electron chi connectivity index (χ0n) is 11.6. The summed E-state index contributed by atoms with van der Waals surface area (Å²) in [6.45, 7) is 4.16. The van der Waals surface area contributed by atoms with Crippen LogP contribution in [-0.4, -0.2) is 35.9 Å². The van der Waals surface area contributed by atoms with Gasteiger partial charge in [0.05, 0.1) is 16.8 Å². The van der Waals surface area contributed by atoms with Crippen LogP contribution in [0.25, 0.3) is 10.2 Å². The SMILES string of the molecule is CC(C(=O)N(C)Cc1nc2ccccc2s1)=C1CNC1. The van der Waals surface area contributed by atoms with E-state index < -0.39 is 0 Å². The van der Waals surface area contributed by atoms with Crippen molar-refractivity contribution in [3.8, 4) is 0 Å². The van der Waals surface area contributed by atoms with E-state index in [0.717, 1.165) is 29.2 Å². The quantitative estimate of drug-likeness (QED) is 0.880. The highest BCUT2D eigenvalue weighted by atomic mass is 32.1. The number of amides is 1. The third-order valence-electron chi connectivity index (χ3n) is 3.59. The standard InChI is InChI=1S/C15H17N3OS/c1-10(11-7-16-8-11)15(19)18(2)9-14-17-12-5-3-4-6-13(12)20-14/h3-6,16H,7-9H2,1-2H3. The topological polar surface area (TPSA) is 45.2 Å². The van der Waals surface area contributed by atoms with Gasteiger partial charge in [0.15, 0.2) is 0 Å². The largest absolute Gasteiger partial charge is 0.335 e. The van der Waals surface area contributed by atoms with Crippen LogP contribution in [0.3, 0.4) is 0 Å². The number of nitrogens with zero attached hydrogens (tertiary/aromatic N) is 2. The van der Waals surface area contributed by atoms with Crippen molar-refractivity contribution >= 4 is 27.5 Å². The lowest BCUT2D eigenvalue weighted by molar-refractivity contribution is -0.126. The van der Waals surface area contributed by atoms with Crippen molar-refractivity contribution in [2.75, 3.05) is 20.1 Å². The van der Waals surface area contributed by atoms with E-state index in [9.17, 15) is 4.79 Å². The number of para-hydroxylation sites is 1. The molecule has 1 aromatic carbocycles. The normalized spacial score (nSPS) is 14.2. The number of thiazole rings is 1. The molecule has 0 aliphatic carbocycles. The van der Waals surface area contributed by atoms with Gasteiger partial charge in [-0.05, 0) is 24.6 Å². The number of fused-ring (bicyclic) bond motifs is 1. The number of carbonyl (C=O) groups excluding carboxylic acids is 1. The maximum absolute atomic E-state index is 12.3. The molecular weight excluding hydrogens is 270 g/mol. The van der Waals surface area contributed by atoms with E-state index in [0.29, 0.717) is 6.54 Å². The highest BCUT2D eigenvalue weighted by Crippen LogP contribution is 2.23. The second kappa shape index (κ2) is 5.34. The minimum absolute atomic E-state index is 0.0979. The summed E-state index contributed by atoms with van der Waals surface area (Å²) < 4.78 is 1.17. The van der Waals surface area contributed by atoms with Gasteiger partial charge >= 0.3 is 0 Å². The molecule has 1 aromatic heterocycles. The van der Waals surface area contributed by atoms with E-state index in [1.807, 2.05) is 32.2 Å². The van der Waals surface area contributed by atoms with Crippen LogP contribution in [0.5, 0.6) is 0 Å². The van der Waals surface area contributed by atoms with Crippen molar-refractivity contribution in [3.63, 3.8) is 0 Å². The molecule has 0 spiro atoms. The Morgan fingerprint density at radius 3 is 2.80 bits per heavy atom. The summed E-state index contributed by atoms with van der Waals surface area (Å²) in [7, 11) is 1.84. The third-order valence-corrected chi connectivity index (χ3v) is 4.61. The maximum atomic E-state index is 12.3. The van der Waals surface area contributed by atoms with Crippen molar-refractivity contribution < 1.29 is 4.79 Å². The summed E-state index contributed by atoms with van der Waals surface area (Å²) in [5.41, 5.74) is 3.09. The fourth-order valence-corrected chi connectivity index (χ4v) is 3.24. The Balaban J connectivity index is 1.75. The Labute approximate surface area is 122 Å². The number of hydrogen-bond acceptors (Lipinski definition) is 4. The molecule has 0 unspecified atom stereocenters. The zero-order chi connectivity index (χ0) is 14.1. The average Bonchev–Trinajstić information content (AvgIpc) is 2.77. The number of carbonyl (C=O) groups is 1. The maximum Gasteiger partial charge on any atom is 0.249 e. The van der Waals surface area contributed by atoms with E-state index in [2.05, 4.69) is 16.4 Å². The van der Waals surface area contributed by atoms with Gasteiger partial charge in [0.2, 0.25) is 5.91 Å². The lowest BCUT2D eigenvalue weighted by atomic mass is 10.0. The number of aromatic nitrogens is 1. The smallest absolute Gasteiger partial charge is 0.249 e. The molecule has 3 rings (SSSR count). The van der Waals surface area contributed by atoms with Gasteiger partial charge in [-0.3, -0.25) is 4.79 Å². The second-order valence-electron chi connectivity index (χ2n) is 5.07. The Hall–Kier alpha value is -1.72. The molecule has 20 heavy (non-hydrogen) atoms. The summed E-state index contributed by atoms with van der Waals surface area (Å²) in [4.78, 5) is 18.6. The predicted molar refractivity (Wildman–Crippen MR) is 81.7 cm³/mol. The van der Waals surface area contributed by atoms with Crippen molar-refractivity contribution in [1.82, 2.24) is 15.2 Å². The average molecular weight is 287 g/mol. The Morgan fingerprint density at radius 1 is 1.40 bits per heavy atom. The van der Waals surface area contributed by atoms with Crippen LogP contribution >= 0.6 is 11.3 Å². The number of likely N-dealkylation sites (N-methyl/N-ethyl adjacent to an activating group) is 1. The molecule has 104 valence electrons. The highest BCUT2D eigenvalue weighted by Gasteiger charge is 2.19. The number of benzene rings is 1. The van der Waals surface area contributed by atoms with Gasteiger partial charge in [0.25, 0.3) is 0 Å².